The molecule has 0 aliphatic carbocycles. The average Bonchev–Trinajstić information content (AvgIpc) is 2.53. The van der Waals surface area contributed by atoms with Crippen molar-refractivity contribution in [3.05, 3.63) is 30.1 Å². The first-order valence-electron chi connectivity index (χ1n) is 6.90. The van der Waals surface area contributed by atoms with Crippen molar-refractivity contribution in [1.82, 2.24) is 19.9 Å². The fraction of sp³-hybridized carbons (Fsp3) is 0.429. The zero-order valence-electron chi connectivity index (χ0n) is 12.2. The number of nitrogens with one attached hydrogen (secondary N) is 1. The van der Waals surface area contributed by atoms with Crippen molar-refractivity contribution in [1.29, 1.82) is 0 Å². The molecule has 2 aromatic rings. The van der Waals surface area contributed by atoms with Crippen LogP contribution in [0.1, 0.15) is 18.9 Å². The zero-order valence-corrected chi connectivity index (χ0v) is 12.2. The third-order valence-corrected chi connectivity index (χ3v) is 2.68. The molecule has 0 spiro atoms. The normalized spacial score (nSPS) is 10.2. The summed E-state index contributed by atoms with van der Waals surface area (Å²) in [6.45, 7) is 2.90. The molecule has 0 aromatic carbocycles. The number of hydrogen-bond acceptors (Lipinski definition) is 7. The van der Waals surface area contributed by atoms with Gasteiger partial charge in [-0.2, -0.15) is 9.97 Å². The number of hydrogen-bond donors (Lipinski definition) is 1. The SMILES string of the molecule is CCOc1nc(NC)nc(OCCCc2ccncc2)n1. The largest absolute Gasteiger partial charge is 0.464 e. The molecule has 21 heavy (non-hydrogen) atoms. The standard InChI is InChI=1S/C14H19N5O2/c1-3-20-13-17-12(15-2)18-14(19-13)21-10-4-5-11-6-8-16-9-7-11/h6-9H,3-5,10H2,1-2H3,(H,15,17,18,19). The van der Waals surface area contributed by atoms with E-state index in [0.717, 1.165) is 12.8 Å². The number of aromatic nitrogens is 4. The number of nitrogens with zero attached hydrogens (tertiary/aromatic N) is 4. The van der Waals surface area contributed by atoms with Crippen molar-refractivity contribution in [3.8, 4) is 12.0 Å². The molecule has 7 heteroatoms. The molecule has 0 radical (unpaired) electrons. The fourth-order valence-electron chi connectivity index (χ4n) is 1.70. The smallest absolute Gasteiger partial charge is 0.324 e. The van der Waals surface area contributed by atoms with Crippen molar-refractivity contribution in [3.63, 3.8) is 0 Å². The van der Waals surface area contributed by atoms with Gasteiger partial charge in [0, 0.05) is 19.4 Å². The van der Waals surface area contributed by atoms with Crippen LogP contribution in [0, 0.1) is 0 Å². The lowest BCUT2D eigenvalue weighted by Crippen LogP contribution is -2.08. The number of pyridine rings is 1. The van der Waals surface area contributed by atoms with Gasteiger partial charge < -0.3 is 14.8 Å². The summed E-state index contributed by atoms with van der Waals surface area (Å²) in [5, 5.41) is 2.85. The summed E-state index contributed by atoms with van der Waals surface area (Å²) in [4.78, 5) is 16.3. The van der Waals surface area contributed by atoms with Crippen molar-refractivity contribution in [2.24, 2.45) is 0 Å². The Bertz CT molecular complexity index is 550. The number of anilines is 1. The highest BCUT2D eigenvalue weighted by Gasteiger charge is 2.07. The summed E-state index contributed by atoms with van der Waals surface area (Å²) >= 11 is 0. The summed E-state index contributed by atoms with van der Waals surface area (Å²) in [7, 11) is 1.73. The first-order chi connectivity index (χ1) is 10.3. The van der Waals surface area contributed by atoms with Gasteiger partial charge in [-0.3, -0.25) is 4.98 Å². The Morgan fingerprint density at radius 1 is 1.05 bits per heavy atom. The molecule has 0 saturated heterocycles. The van der Waals surface area contributed by atoms with Crippen LogP contribution in [-0.4, -0.2) is 40.2 Å². The lowest BCUT2D eigenvalue weighted by molar-refractivity contribution is 0.266. The third kappa shape index (κ3) is 4.87. The summed E-state index contributed by atoms with van der Waals surface area (Å²) in [6.07, 6.45) is 5.37. The minimum Gasteiger partial charge on any atom is -0.464 e. The molecule has 0 aliphatic heterocycles. The van der Waals surface area contributed by atoms with Gasteiger partial charge in [0.1, 0.15) is 0 Å². The Labute approximate surface area is 123 Å². The highest BCUT2D eigenvalue weighted by atomic mass is 16.5. The van der Waals surface area contributed by atoms with E-state index in [1.54, 1.807) is 19.4 Å². The molecule has 0 amide bonds. The molecule has 2 rings (SSSR count). The molecule has 0 aliphatic rings. The lowest BCUT2D eigenvalue weighted by atomic mass is 10.1. The van der Waals surface area contributed by atoms with E-state index in [2.05, 4.69) is 25.3 Å². The summed E-state index contributed by atoms with van der Waals surface area (Å²) in [5.41, 5.74) is 1.23. The van der Waals surface area contributed by atoms with Crippen LogP contribution in [0.2, 0.25) is 0 Å². The summed E-state index contributed by atoms with van der Waals surface area (Å²) in [6, 6.07) is 4.53. The van der Waals surface area contributed by atoms with E-state index in [9.17, 15) is 0 Å². The molecule has 2 heterocycles. The van der Waals surface area contributed by atoms with Gasteiger partial charge in [0.25, 0.3) is 0 Å². The van der Waals surface area contributed by atoms with E-state index in [-0.39, 0.29) is 12.0 Å². The average molecular weight is 289 g/mol. The maximum atomic E-state index is 5.56. The Kier molecular flexibility index (Phi) is 5.69. The Balaban J connectivity index is 1.86. The highest BCUT2D eigenvalue weighted by Crippen LogP contribution is 2.13. The van der Waals surface area contributed by atoms with E-state index in [1.165, 1.54) is 5.56 Å². The fourth-order valence-corrected chi connectivity index (χ4v) is 1.70. The van der Waals surface area contributed by atoms with Gasteiger partial charge in [0.05, 0.1) is 13.2 Å². The predicted molar refractivity (Wildman–Crippen MR) is 78.6 cm³/mol. The second-order valence-electron chi connectivity index (χ2n) is 4.21. The lowest BCUT2D eigenvalue weighted by Gasteiger charge is -2.08. The van der Waals surface area contributed by atoms with E-state index in [1.807, 2.05) is 19.1 Å². The molecule has 0 saturated carbocycles. The first-order valence-corrected chi connectivity index (χ1v) is 6.90. The van der Waals surface area contributed by atoms with Crippen molar-refractivity contribution >= 4 is 5.95 Å². The molecule has 1 N–H and O–H groups in total. The summed E-state index contributed by atoms with van der Waals surface area (Å²) < 4.78 is 10.8. The van der Waals surface area contributed by atoms with Crippen LogP contribution in [0.25, 0.3) is 0 Å². The Hall–Kier alpha value is -2.44. The van der Waals surface area contributed by atoms with Gasteiger partial charge in [0.2, 0.25) is 5.95 Å². The third-order valence-electron chi connectivity index (χ3n) is 2.68. The molecule has 112 valence electrons. The highest BCUT2D eigenvalue weighted by molar-refractivity contribution is 5.26. The number of rotatable bonds is 8. The van der Waals surface area contributed by atoms with Crippen LogP contribution in [0.5, 0.6) is 12.0 Å². The molecule has 0 bridgehead atoms. The van der Waals surface area contributed by atoms with E-state index >= 15 is 0 Å². The molecular weight excluding hydrogens is 270 g/mol. The molecule has 0 atom stereocenters. The van der Waals surface area contributed by atoms with Crippen LogP contribution in [0.4, 0.5) is 5.95 Å². The van der Waals surface area contributed by atoms with Crippen LogP contribution in [-0.2, 0) is 6.42 Å². The van der Waals surface area contributed by atoms with Gasteiger partial charge in [-0.1, -0.05) is 0 Å². The van der Waals surface area contributed by atoms with E-state index < -0.39 is 0 Å². The van der Waals surface area contributed by atoms with Gasteiger partial charge in [0.15, 0.2) is 0 Å². The zero-order chi connectivity index (χ0) is 14.9. The Morgan fingerprint density at radius 3 is 2.43 bits per heavy atom. The van der Waals surface area contributed by atoms with E-state index in [4.69, 9.17) is 9.47 Å². The van der Waals surface area contributed by atoms with Gasteiger partial charge in [-0.25, -0.2) is 0 Å². The van der Waals surface area contributed by atoms with Crippen LogP contribution >= 0.6 is 0 Å². The maximum absolute atomic E-state index is 5.56. The van der Waals surface area contributed by atoms with Gasteiger partial charge in [-0.15, -0.1) is 4.98 Å². The van der Waals surface area contributed by atoms with Crippen LogP contribution in [0.3, 0.4) is 0 Å². The maximum Gasteiger partial charge on any atom is 0.324 e. The van der Waals surface area contributed by atoms with Crippen molar-refractivity contribution in [2.75, 3.05) is 25.6 Å². The molecular formula is C14H19N5O2. The molecule has 0 fully saturated rings. The Morgan fingerprint density at radius 2 is 1.76 bits per heavy atom. The van der Waals surface area contributed by atoms with Gasteiger partial charge in [-0.05, 0) is 37.5 Å². The molecule has 7 nitrogen and oxygen atoms in total. The minimum atomic E-state index is 0.265. The second kappa shape index (κ2) is 7.98. The molecule has 2 aromatic heterocycles. The monoisotopic (exact) mass is 289 g/mol. The van der Waals surface area contributed by atoms with Crippen molar-refractivity contribution in [2.45, 2.75) is 19.8 Å². The number of ether oxygens (including phenoxy) is 2. The van der Waals surface area contributed by atoms with Crippen LogP contribution < -0.4 is 14.8 Å². The topological polar surface area (TPSA) is 82.0 Å². The van der Waals surface area contributed by atoms with E-state index in [0.29, 0.717) is 19.2 Å². The van der Waals surface area contributed by atoms with Crippen molar-refractivity contribution < 1.29 is 9.47 Å². The predicted octanol–water partition coefficient (Wildman–Crippen LogP) is 1.72. The molecule has 0 unspecified atom stereocenters. The quantitative estimate of drug-likeness (QED) is 0.741. The second-order valence-corrected chi connectivity index (χ2v) is 4.21. The number of aryl methyl sites for hydroxylation is 1. The van der Waals surface area contributed by atoms with Crippen LogP contribution in [0.15, 0.2) is 24.5 Å². The first kappa shape index (κ1) is 15.0. The van der Waals surface area contributed by atoms with Gasteiger partial charge >= 0.3 is 12.0 Å². The minimum absolute atomic E-state index is 0.265. The summed E-state index contributed by atoms with van der Waals surface area (Å²) in [5.74, 6) is 0.428.